The van der Waals surface area contributed by atoms with E-state index >= 15 is 0 Å². The molecule has 2 aromatic rings. The molecule has 2 N–H and O–H groups in total. The predicted molar refractivity (Wildman–Crippen MR) is 84.8 cm³/mol. The SMILES string of the molecule is Cc1cccc(S(=O)(=O)O)c1C.OCCOc1ccccc1. The van der Waals surface area contributed by atoms with E-state index in [2.05, 4.69) is 0 Å². The van der Waals surface area contributed by atoms with Gasteiger partial charge in [-0.05, 0) is 43.2 Å². The van der Waals surface area contributed by atoms with E-state index in [9.17, 15) is 8.42 Å². The number of hydrogen-bond donors (Lipinski definition) is 2. The summed E-state index contributed by atoms with van der Waals surface area (Å²) >= 11 is 0. The number of aryl methyl sites for hydroxylation is 1. The standard InChI is InChI=1S/C8H10O3S.C8H10O2/c1-6-4-3-5-8(7(6)2)12(9,10)11;9-6-7-10-8-4-2-1-3-5-8/h3-5H,1-2H3,(H,9,10,11);1-5,9H,6-7H2. The Bertz CT molecular complexity index is 681. The summed E-state index contributed by atoms with van der Waals surface area (Å²) < 4.78 is 35.4. The Balaban J connectivity index is 0.000000224. The first-order chi connectivity index (χ1) is 10.4. The van der Waals surface area contributed by atoms with E-state index in [4.69, 9.17) is 14.4 Å². The van der Waals surface area contributed by atoms with Crippen molar-refractivity contribution in [2.75, 3.05) is 13.2 Å². The number of hydrogen-bond acceptors (Lipinski definition) is 4. The Morgan fingerprint density at radius 2 is 1.64 bits per heavy atom. The molecular formula is C16H20O5S. The van der Waals surface area contributed by atoms with Crippen molar-refractivity contribution in [1.82, 2.24) is 0 Å². The van der Waals surface area contributed by atoms with Crippen LogP contribution < -0.4 is 4.74 Å². The Morgan fingerprint density at radius 1 is 1.00 bits per heavy atom. The summed E-state index contributed by atoms with van der Waals surface area (Å²) in [5.74, 6) is 0.802. The molecule has 0 saturated carbocycles. The Labute approximate surface area is 130 Å². The molecule has 0 amide bonds. The van der Waals surface area contributed by atoms with E-state index in [0.717, 1.165) is 11.3 Å². The summed E-state index contributed by atoms with van der Waals surface area (Å²) in [6.45, 7) is 3.89. The lowest BCUT2D eigenvalue weighted by molar-refractivity contribution is 0.201. The Kier molecular flexibility index (Phi) is 7.04. The van der Waals surface area contributed by atoms with Gasteiger partial charge in [0.15, 0.2) is 0 Å². The van der Waals surface area contributed by atoms with Crippen molar-refractivity contribution < 1.29 is 22.8 Å². The molecule has 0 atom stereocenters. The lowest BCUT2D eigenvalue weighted by Gasteiger charge is -2.03. The number of rotatable bonds is 4. The van der Waals surface area contributed by atoms with Crippen LogP contribution in [0.1, 0.15) is 11.1 Å². The van der Waals surface area contributed by atoms with Crippen LogP contribution in [0.15, 0.2) is 53.4 Å². The normalized spacial score (nSPS) is 10.5. The second-order valence-electron chi connectivity index (χ2n) is 4.56. The van der Waals surface area contributed by atoms with Gasteiger partial charge in [-0.3, -0.25) is 4.55 Å². The molecule has 0 aliphatic rings. The molecular weight excluding hydrogens is 304 g/mol. The fourth-order valence-electron chi connectivity index (χ4n) is 1.68. The van der Waals surface area contributed by atoms with Gasteiger partial charge in [0.2, 0.25) is 0 Å². The number of ether oxygens (including phenoxy) is 1. The van der Waals surface area contributed by atoms with Crippen molar-refractivity contribution in [2.24, 2.45) is 0 Å². The fourth-order valence-corrected chi connectivity index (χ4v) is 2.48. The van der Waals surface area contributed by atoms with Crippen LogP contribution >= 0.6 is 0 Å². The van der Waals surface area contributed by atoms with Gasteiger partial charge in [0.1, 0.15) is 12.4 Å². The molecule has 2 rings (SSSR count). The zero-order chi connectivity index (χ0) is 16.6. The summed E-state index contributed by atoms with van der Waals surface area (Å²) in [4.78, 5) is -0.0116. The van der Waals surface area contributed by atoms with Crippen molar-refractivity contribution in [3.8, 4) is 5.75 Å². The van der Waals surface area contributed by atoms with Crippen LogP contribution in [0, 0.1) is 13.8 Å². The van der Waals surface area contributed by atoms with Crippen LogP contribution in [0.25, 0.3) is 0 Å². The van der Waals surface area contributed by atoms with Gasteiger partial charge in [-0.25, -0.2) is 0 Å². The number of aliphatic hydroxyl groups excluding tert-OH is 1. The van der Waals surface area contributed by atoms with E-state index < -0.39 is 10.1 Å². The highest BCUT2D eigenvalue weighted by molar-refractivity contribution is 7.85. The average Bonchev–Trinajstić information content (AvgIpc) is 2.48. The predicted octanol–water partition coefficient (Wildman–Crippen LogP) is 2.61. The summed E-state index contributed by atoms with van der Waals surface area (Å²) in [7, 11) is -4.06. The highest BCUT2D eigenvalue weighted by atomic mass is 32.2. The Morgan fingerprint density at radius 3 is 2.14 bits per heavy atom. The molecule has 0 heterocycles. The summed E-state index contributed by atoms with van der Waals surface area (Å²) in [5, 5.41) is 8.40. The second-order valence-corrected chi connectivity index (χ2v) is 5.95. The maximum Gasteiger partial charge on any atom is 0.294 e. The first-order valence-corrected chi connectivity index (χ1v) is 8.12. The molecule has 0 aliphatic heterocycles. The summed E-state index contributed by atoms with van der Waals surface area (Å²) in [6.07, 6.45) is 0. The molecule has 22 heavy (non-hydrogen) atoms. The minimum Gasteiger partial charge on any atom is -0.491 e. The maximum atomic E-state index is 10.8. The second kappa shape index (κ2) is 8.53. The molecule has 0 aliphatic carbocycles. The van der Waals surface area contributed by atoms with Gasteiger partial charge in [0.05, 0.1) is 11.5 Å². The third-order valence-electron chi connectivity index (χ3n) is 2.94. The van der Waals surface area contributed by atoms with Crippen molar-refractivity contribution in [3.63, 3.8) is 0 Å². The van der Waals surface area contributed by atoms with Crippen LogP contribution in [0.2, 0.25) is 0 Å². The molecule has 120 valence electrons. The smallest absolute Gasteiger partial charge is 0.294 e. The van der Waals surface area contributed by atoms with Crippen LogP contribution in [0.4, 0.5) is 0 Å². The summed E-state index contributed by atoms with van der Waals surface area (Å²) in [5.41, 5.74) is 1.45. The first kappa shape index (κ1) is 18.2. The molecule has 0 bridgehead atoms. The Hall–Kier alpha value is -1.89. The third kappa shape index (κ3) is 5.85. The molecule has 2 aromatic carbocycles. The first-order valence-electron chi connectivity index (χ1n) is 6.68. The summed E-state index contributed by atoms with van der Waals surface area (Å²) in [6, 6.07) is 14.2. The monoisotopic (exact) mass is 324 g/mol. The quantitative estimate of drug-likeness (QED) is 0.845. The van der Waals surface area contributed by atoms with Gasteiger partial charge in [0.25, 0.3) is 10.1 Å². The van der Waals surface area contributed by atoms with E-state index in [0.29, 0.717) is 12.2 Å². The highest BCUT2D eigenvalue weighted by Gasteiger charge is 2.12. The molecule has 6 heteroatoms. The zero-order valence-electron chi connectivity index (χ0n) is 12.6. The molecule has 5 nitrogen and oxygen atoms in total. The van der Waals surface area contributed by atoms with E-state index in [-0.39, 0.29) is 11.5 Å². The van der Waals surface area contributed by atoms with Crippen molar-refractivity contribution in [1.29, 1.82) is 0 Å². The third-order valence-corrected chi connectivity index (χ3v) is 3.93. The molecule has 0 saturated heterocycles. The topological polar surface area (TPSA) is 83.8 Å². The lowest BCUT2D eigenvalue weighted by Crippen LogP contribution is -2.01. The average molecular weight is 324 g/mol. The number of aliphatic hydroxyl groups is 1. The molecule has 0 radical (unpaired) electrons. The van der Waals surface area contributed by atoms with Gasteiger partial charge < -0.3 is 9.84 Å². The van der Waals surface area contributed by atoms with Crippen LogP contribution in [0.5, 0.6) is 5.75 Å². The van der Waals surface area contributed by atoms with Crippen molar-refractivity contribution in [2.45, 2.75) is 18.7 Å². The van der Waals surface area contributed by atoms with Crippen molar-refractivity contribution >= 4 is 10.1 Å². The van der Waals surface area contributed by atoms with Crippen LogP contribution in [-0.2, 0) is 10.1 Å². The van der Waals surface area contributed by atoms with Crippen LogP contribution in [-0.4, -0.2) is 31.3 Å². The zero-order valence-corrected chi connectivity index (χ0v) is 13.4. The van der Waals surface area contributed by atoms with Gasteiger partial charge in [0, 0.05) is 0 Å². The molecule has 0 fully saturated rings. The van der Waals surface area contributed by atoms with E-state index in [1.807, 2.05) is 30.3 Å². The van der Waals surface area contributed by atoms with E-state index in [1.165, 1.54) is 6.07 Å². The van der Waals surface area contributed by atoms with E-state index in [1.54, 1.807) is 26.0 Å². The maximum absolute atomic E-state index is 10.8. The molecule has 0 unspecified atom stereocenters. The van der Waals surface area contributed by atoms with Gasteiger partial charge in [-0.1, -0.05) is 30.3 Å². The van der Waals surface area contributed by atoms with Gasteiger partial charge in [-0.2, -0.15) is 8.42 Å². The fraction of sp³-hybridized carbons (Fsp3) is 0.250. The van der Waals surface area contributed by atoms with Crippen LogP contribution in [0.3, 0.4) is 0 Å². The number of benzene rings is 2. The lowest BCUT2D eigenvalue weighted by atomic mass is 10.1. The minimum absolute atomic E-state index is 0.0116. The van der Waals surface area contributed by atoms with Gasteiger partial charge >= 0.3 is 0 Å². The van der Waals surface area contributed by atoms with Gasteiger partial charge in [-0.15, -0.1) is 0 Å². The minimum atomic E-state index is -4.06. The largest absolute Gasteiger partial charge is 0.491 e. The molecule has 0 aromatic heterocycles. The molecule has 0 spiro atoms. The van der Waals surface area contributed by atoms with Crippen molar-refractivity contribution in [3.05, 3.63) is 59.7 Å². The number of para-hydroxylation sites is 1. The highest BCUT2D eigenvalue weighted by Crippen LogP contribution is 2.17.